The topological polar surface area (TPSA) is 52.6 Å². The maximum absolute atomic E-state index is 13.0. The van der Waals surface area contributed by atoms with Crippen molar-refractivity contribution in [2.24, 2.45) is 5.41 Å². The molecule has 158 valence electrons. The number of carbonyl (C=O) groups is 2. The van der Waals surface area contributed by atoms with Crippen molar-refractivity contribution in [1.82, 2.24) is 0 Å². The van der Waals surface area contributed by atoms with E-state index in [2.05, 4.69) is 65.5 Å². The molecule has 0 fully saturated rings. The summed E-state index contributed by atoms with van der Waals surface area (Å²) in [5.74, 6) is -0.661. The van der Waals surface area contributed by atoms with Gasteiger partial charge in [0.2, 0.25) is 0 Å². The second-order valence-corrected chi connectivity index (χ2v) is 52.5. The zero-order valence-corrected chi connectivity index (χ0v) is 23.8. The number of esters is 2. The average molecular weight is 447 g/mol. The molecular formula is C19H42O4Si4. The number of hydrogen-bond donors (Lipinski definition) is 0. The lowest BCUT2D eigenvalue weighted by atomic mass is 9.85. The van der Waals surface area contributed by atoms with E-state index >= 15 is 0 Å². The van der Waals surface area contributed by atoms with Crippen LogP contribution in [-0.2, 0) is 19.1 Å². The van der Waals surface area contributed by atoms with Crippen LogP contribution in [0.25, 0.3) is 0 Å². The second-order valence-electron chi connectivity index (χ2n) is 11.2. The van der Waals surface area contributed by atoms with Crippen LogP contribution in [0.3, 0.4) is 0 Å². The Morgan fingerprint density at radius 3 is 1.44 bits per heavy atom. The fourth-order valence-electron chi connectivity index (χ4n) is 5.90. The third kappa shape index (κ3) is 5.33. The van der Waals surface area contributed by atoms with Crippen LogP contribution in [0.1, 0.15) is 13.3 Å². The van der Waals surface area contributed by atoms with Crippen LogP contribution >= 0.6 is 0 Å². The van der Waals surface area contributed by atoms with E-state index in [0.29, 0.717) is 12.0 Å². The Labute approximate surface area is 170 Å². The summed E-state index contributed by atoms with van der Waals surface area (Å²) in [4.78, 5) is 25.0. The first-order chi connectivity index (χ1) is 11.8. The molecule has 4 nitrogen and oxygen atoms in total. The van der Waals surface area contributed by atoms with Gasteiger partial charge in [0.15, 0.2) is 0 Å². The van der Waals surface area contributed by atoms with E-state index in [1.807, 2.05) is 6.92 Å². The highest BCUT2D eigenvalue weighted by atomic mass is 29.9. The van der Waals surface area contributed by atoms with E-state index in [1.165, 1.54) is 14.2 Å². The minimum absolute atomic E-state index is 0.223. The Morgan fingerprint density at radius 1 is 0.815 bits per heavy atom. The molecule has 0 spiro atoms. The summed E-state index contributed by atoms with van der Waals surface area (Å²) in [5, 5.41) is 0. The maximum Gasteiger partial charge on any atom is 0.333 e. The summed E-state index contributed by atoms with van der Waals surface area (Å²) < 4.78 is 10.1. The van der Waals surface area contributed by atoms with Gasteiger partial charge in [-0.15, -0.1) is 0 Å². The summed E-state index contributed by atoms with van der Waals surface area (Å²) in [7, 11) is -1.86. The second kappa shape index (κ2) is 8.50. The number of ether oxygens (including phenoxy) is 2. The van der Waals surface area contributed by atoms with Crippen LogP contribution in [0.15, 0.2) is 12.2 Å². The molecular weight excluding hydrogens is 405 g/mol. The largest absolute Gasteiger partial charge is 0.469 e. The van der Waals surface area contributed by atoms with Gasteiger partial charge in [0, 0.05) is 35.0 Å². The molecule has 1 atom stereocenters. The first-order valence-electron chi connectivity index (χ1n) is 9.65. The molecule has 0 saturated carbocycles. The monoisotopic (exact) mass is 446 g/mol. The van der Waals surface area contributed by atoms with E-state index in [9.17, 15) is 9.59 Å². The molecule has 27 heavy (non-hydrogen) atoms. The third-order valence-corrected chi connectivity index (χ3v) is 80.4. The third-order valence-electron chi connectivity index (χ3n) is 6.25. The number of carbonyl (C=O) groups excluding carboxylic acids is 2. The molecule has 0 rings (SSSR count). The molecule has 0 aliphatic heterocycles. The smallest absolute Gasteiger partial charge is 0.333 e. The van der Waals surface area contributed by atoms with Gasteiger partial charge in [-0.25, -0.2) is 4.79 Å². The van der Waals surface area contributed by atoms with E-state index in [1.54, 1.807) is 0 Å². The molecule has 0 aromatic heterocycles. The van der Waals surface area contributed by atoms with E-state index in [0.717, 1.165) is 6.04 Å². The van der Waals surface area contributed by atoms with Crippen LogP contribution in [0.5, 0.6) is 0 Å². The first-order valence-corrected chi connectivity index (χ1v) is 25.4. The summed E-state index contributed by atoms with van der Waals surface area (Å²) in [6.45, 7) is 26.6. The highest BCUT2D eigenvalue weighted by Gasteiger charge is 2.64. The fraction of sp³-hybridized carbons (Fsp3) is 0.789. The van der Waals surface area contributed by atoms with Crippen LogP contribution in [0.4, 0.5) is 0 Å². The van der Waals surface area contributed by atoms with Crippen molar-refractivity contribution < 1.29 is 19.1 Å². The predicted molar refractivity (Wildman–Crippen MR) is 126 cm³/mol. The molecule has 0 aliphatic rings. The van der Waals surface area contributed by atoms with Gasteiger partial charge in [0.05, 0.1) is 19.6 Å². The molecule has 0 bridgehead atoms. The summed E-state index contributed by atoms with van der Waals surface area (Å²) in [6.07, 6.45) is 0.306. The van der Waals surface area contributed by atoms with Gasteiger partial charge < -0.3 is 9.47 Å². The lowest BCUT2D eigenvalue weighted by molar-refractivity contribution is -0.150. The lowest BCUT2D eigenvalue weighted by Crippen LogP contribution is -2.83. The van der Waals surface area contributed by atoms with Crippen LogP contribution in [-0.4, -0.2) is 55.6 Å². The molecule has 1 unspecified atom stereocenters. The molecule has 0 amide bonds. The minimum Gasteiger partial charge on any atom is -0.469 e. The zero-order valence-electron chi connectivity index (χ0n) is 19.8. The van der Waals surface area contributed by atoms with E-state index < -0.39 is 40.8 Å². The van der Waals surface area contributed by atoms with Gasteiger partial charge >= 0.3 is 11.9 Å². The summed E-state index contributed by atoms with van der Waals surface area (Å²) in [6, 6.07) is 0.893. The van der Waals surface area contributed by atoms with Crippen molar-refractivity contribution in [3.05, 3.63) is 12.2 Å². The Kier molecular flexibility index (Phi) is 8.36. The van der Waals surface area contributed by atoms with Crippen molar-refractivity contribution in [2.75, 3.05) is 14.2 Å². The van der Waals surface area contributed by atoms with Crippen LogP contribution in [0, 0.1) is 5.41 Å². The summed E-state index contributed by atoms with van der Waals surface area (Å²) in [5.41, 5.74) is -0.373. The molecule has 0 radical (unpaired) electrons. The first kappa shape index (κ1) is 26.5. The zero-order chi connectivity index (χ0) is 22.1. The highest BCUT2D eigenvalue weighted by Crippen LogP contribution is 2.47. The Hall–Kier alpha value is -0.452. The van der Waals surface area contributed by atoms with E-state index in [-0.39, 0.29) is 5.97 Å². The van der Waals surface area contributed by atoms with Crippen molar-refractivity contribution in [3.8, 4) is 0 Å². The Morgan fingerprint density at radius 2 is 1.19 bits per heavy atom. The van der Waals surface area contributed by atoms with Crippen LogP contribution in [0.2, 0.25) is 65.0 Å². The Balaban J connectivity index is 6.61. The molecule has 0 aromatic carbocycles. The van der Waals surface area contributed by atoms with Gasteiger partial charge in [0.1, 0.15) is 0 Å². The van der Waals surface area contributed by atoms with Gasteiger partial charge in [-0.2, -0.15) is 0 Å². The lowest BCUT2D eigenvalue weighted by Gasteiger charge is -2.60. The normalized spacial score (nSPS) is 15.7. The highest BCUT2D eigenvalue weighted by molar-refractivity contribution is 7.89. The minimum atomic E-state index is -1.80. The Bertz CT molecular complexity index is 546. The predicted octanol–water partition coefficient (Wildman–Crippen LogP) is 4.98. The SMILES string of the molecule is C=C(CC(C)(C[Si]([Si](C)(C)C)([Si](C)(C)C)[Si](C)(C)C)C(=O)OC)C(=O)OC. The number of hydrogen-bond acceptors (Lipinski definition) is 4. The van der Waals surface area contributed by atoms with Crippen molar-refractivity contribution in [3.63, 3.8) is 0 Å². The quantitative estimate of drug-likeness (QED) is 0.284. The van der Waals surface area contributed by atoms with Gasteiger partial charge in [-0.1, -0.05) is 65.5 Å². The number of rotatable bonds is 9. The fourth-order valence-corrected chi connectivity index (χ4v) is 105. The van der Waals surface area contributed by atoms with Gasteiger partial charge in [-0.05, 0) is 19.4 Å². The maximum atomic E-state index is 13.0. The molecule has 0 saturated heterocycles. The van der Waals surface area contributed by atoms with Crippen molar-refractivity contribution in [2.45, 2.75) is 78.3 Å². The average Bonchev–Trinajstić information content (AvgIpc) is 2.46. The molecule has 8 heteroatoms. The van der Waals surface area contributed by atoms with Gasteiger partial charge in [0.25, 0.3) is 0 Å². The molecule has 0 aliphatic carbocycles. The van der Waals surface area contributed by atoms with Crippen molar-refractivity contribution >= 4 is 41.3 Å². The summed E-state index contributed by atoms with van der Waals surface area (Å²) >= 11 is 0. The molecule has 0 heterocycles. The van der Waals surface area contributed by atoms with Gasteiger partial charge in [-0.3, -0.25) is 4.79 Å². The van der Waals surface area contributed by atoms with E-state index in [4.69, 9.17) is 9.47 Å². The van der Waals surface area contributed by atoms with Crippen molar-refractivity contribution in [1.29, 1.82) is 0 Å². The number of methoxy groups -OCH3 is 2. The molecule has 0 N–H and O–H groups in total. The van der Waals surface area contributed by atoms with Crippen LogP contribution < -0.4 is 0 Å². The standard InChI is InChI=1S/C19H42O4Si4/c1-16(17(20)22-3)14-19(2,18(21)23-4)15-27(24(5,6)7,25(8,9)10)26(11,12)13/h1,14-15H2,2-13H3. The molecule has 0 aromatic rings.